The van der Waals surface area contributed by atoms with E-state index in [0.717, 1.165) is 53.0 Å². The number of amides is 1. The van der Waals surface area contributed by atoms with Crippen LogP contribution in [0, 0.1) is 12.8 Å². The number of aryl methyl sites for hydroxylation is 1. The number of benzene rings is 2. The van der Waals surface area contributed by atoms with Crippen molar-refractivity contribution in [2.45, 2.75) is 53.6 Å². The average Bonchev–Trinajstić information content (AvgIpc) is 3.19. The standard InChI is InChI=1S/C27H36N4O/c1-7-10-29-20(6)21-8-9-22-15-31(16-23(22)13-21)27(32)25-14-24(18(4)11-17(2)3)26(30-28)12-19(25)5/h8-9,12-14,17,29-30H,4,6-7,10-11,15-16,28H2,1-3,5H3. The lowest BCUT2D eigenvalue weighted by Crippen LogP contribution is -2.26. The molecule has 170 valence electrons. The van der Waals surface area contributed by atoms with Crippen molar-refractivity contribution in [3.63, 3.8) is 0 Å². The first kappa shape index (κ1) is 23.6. The van der Waals surface area contributed by atoms with Crippen LogP contribution in [0.15, 0.2) is 43.5 Å². The molecule has 1 aliphatic heterocycles. The van der Waals surface area contributed by atoms with E-state index in [0.29, 0.717) is 24.6 Å². The van der Waals surface area contributed by atoms with E-state index >= 15 is 0 Å². The first-order chi connectivity index (χ1) is 15.2. The Bertz CT molecular complexity index is 1040. The molecule has 2 aromatic carbocycles. The summed E-state index contributed by atoms with van der Waals surface area (Å²) in [7, 11) is 0. The molecule has 32 heavy (non-hydrogen) atoms. The lowest BCUT2D eigenvalue weighted by atomic mass is 9.93. The summed E-state index contributed by atoms with van der Waals surface area (Å²) in [6.07, 6.45) is 1.90. The van der Waals surface area contributed by atoms with E-state index in [-0.39, 0.29) is 5.91 Å². The second-order valence-corrected chi connectivity index (χ2v) is 9.11. The van der Waals surface area contributed by atoms with Gasteiger partial charge < -0.3 is 15.6 Å². The van der Waals surface area contributed by atoms with Crippen molar-refractivity contribution < 1.29 is 4.79 Å². The Morgan fingerprint density at radius 1 is 1.12 bits per heavy atom. The van der Waals surface area contributed by atoms with Crippen LogP contribution in [0.25, 0.3) is 11.3 Å². The van der Waals surface area contributed by atoms with Gasteiger partial charge in [-0.3, -0.25) is 10.6 Å². The largest absolute Gasteiger partial charge is 0.385 e. The number of fused-ring (bicyclic) bond motifs is 1. The molecule has 2 aromatic rings. The zero-order valence-electron chi connectivity index (χ0n) is 19.8. The van der Waals surface area contributed by atoms with Crippen molar-refractivity contribution in [1.29, 1.82) is 0 Å². The highest BCUT2D eigenvalue weighted by molar-refractivity contribution is 5.98. The minimum atomic E-state index is 0.0327. The minimum Gasteiger partial charge on any atom is -0.385 e. The second kappa shape index (κ2) is 10.0. The summed E-state index contributed by atoms with van der Waals surface area (Å²) in [5.41, 5.74) is 11.4. The van der Waals surface area contributed by atoms with Gasteiger partial charge in [0.05, 0.1) is 5.69 Å². The van der Waals surface area contributed by atoms with Crippen molar-refractivity contribution in [2.24, 2.45) is 11.8 Å². The third kappa shape index (κ3) is 5.05. The Hall–Kier alpha value is -3.05. The Morgan fingerprint density at radius 2 is 1.84 bits per heavy atom. The molecule has 0 aliphatic carbocycles. The number of hydrogen-bond donors (Lipinski definition) is 3. The normalized spacial score (nSPS) is 12.6. The molecule has 0 spiro atoms. The minimum absolute atomic E-state index is 0.0327. The molecule has 3 rings (SSSR count). The first-order valence-electron chi connectivity index (χ1n) is 11.4. The fraction of sp³-hybridized carbons (Fsp3) is 0.370. The van der Waals surface area contributed by atoms with Gasteiger partial charge in [-0.05, 0) is 71.7 Å². The lowest BCUT2D eigenvalue weighted by Gasteiger charge is -2.20. The quantitative estimate of drug-likeness (QED) is 0.363. The van der Waals surface area contributed by atoms with Crippen LogP contribution in [0.3, 0.4) is 0 Å². The van der Waals surface area contributed by atoms with E-state index in [4.69, 9.17) is 5.84 Å². The summed E-state index contributed by atoms with van der Waals surface area (Å²) < 4.78 is 0. The molecule has 0 fully saturated rings. The number of carbonyl (C=O) groups excluding carboxylic acids is 1. The molecule has 0 bridgehead atoms. The molecule has 0 atom stereocenters. The lowest BCUT2D eigenvalue weighted by molar-refractivity contribution is 0.0750. The van der Waals surface area contributed by atoms with Crippen LogP contribution in [0.2, 0.25) is 0 Å². The van der Waals surface area contributed by atoms with Crippen molar-refractivity contribution in [3.05, 3.63) is 76.9 Å². The highest BCUT2D eigenvalue weighted by Crippen LogP contribution is 2.32. The van der Waals surface area contributed by atoms with Crippen LogP contribution in [0.5, 0.6) is 0 Å². The third-order valence-electron chi connectivity index (χ3n) is 5.94. The predicted octanol–water partition coefficient (Wildman–Crippen LogP) is 5.47. The Kier molecular flexibility index (Phi) is 7.41. The van der Waals surface area contributed by atoms with E-state index in [9.17, 15) is 4.79 Å². The summed E-state index contributed by atoms with van der Waals surface area (Å²) in [6, 6.07) is 10.2. The SMILES string of the molecule is C=C(NCCC)c1ccc2c(c1)CN(C(=O)c1cc(C(=C)CC(C)C)c(NN)cc1C)C2. The smallest absolute Gasteiger partial charge is 0.254 e. The Balaban J connectivity index is 1.84. The number of rotatable bonds is 9. The van der Waals surface area contributed by atoms with E-state index < -0.39 is 0 Å². The average molecular weight is 433 g/mol. The molecule has 5 heteroatoms. The number of allylic oxidation sites excluding steroid dienone is 1. The van der Waals surface area contributed by atoms with Gasteiger partial charge in [0.15, 0.2) is 0 Å². The number of hydrogen-bond acceptors (Lipinski definition) is 4. The molecule has 0 saturated heterocycles. The van der Waals surface area contributed by atoms with E-state index in [1.54, 1.807) is 0 Å². The Labute approximate surface area is 192 Å². The number of nitrogens with one attached hydrogen (secondary N) is 2. The molecule has 0 unspecified atom stereocenters. The summed E-state index contributed by atoms with van der Waals surface area (Å²) in [6.45, 7) is 18.9. The highest BCUT2D eigenvalue weighted by Gasteiger charge is 2.26. The summed E-state index contributed by atoms with van der Waals surface area (Å²) in [5.74, 6) is 6.27. The van der Waals surface area contributed by atoms with E-state index in [1.807, 2.05) is 24.0 Å². The topological polar surface area (TPSA) is 70.4 Å². The maximum atomic E-state index is 13.5. The molecular formula is C27H36N4O. The van der Waals surface area contributed by atoms with Gasteiger partial charge in [0, 0.05) is 36.5 Å². The van der Waals surface area contributed by atoms with Gasteiger partial charge in [0.2, 0.25) is 0 Å². The summed E-state index contributed by atoms with van der Waals surface area (Å²) in [4.78, 5) is 15.4. The van der Waals surface area contributed by atoms with Crippen molar-refractivity contribution in [2.75, 3.05) is 12.0 Å². The maximum Gasteiger partial charge on any atom is 0.254 e. The molecule has 0 saturated carbocycles. The number of nitrogens with two attached hydrogens (primary N) is 1. The number of nitrogens with zero attached hydrogens (tertiary/aromatic N) is 1. The summed E-state index contributed by atoms with van der Waals surface area (Å²) >= 11 is 0. The Morgan fingerprint density at radius 3 is 2.50 bits per heavy atom. The fourth-order valence-electron chi connectivity index (χ4n) is 4.23. The molecular weight excluding hydrogens is 396 g/mol. The first-order valence-corrected chi connectivity index (χ1v) is 11.4. The molecule has 0 radical (unpaired) electrons. The van der Waals surface area contributed by atoms with Crippen LogP contribution in [-0.2, 0) is 13.1 Å². The van der Waals surface area contributed by atoms with Crippen LogP contribution in [0.4, 0.5) is 5.69 Å². The van der Waals surface area contributed by atoms with Crippen LogP contribution in [-0.4, -0.2) is 17.4 Å². The monoisotopic (exact) mass is 432 g/mol. The van der Waals surface area contributed by atoms with Gasteiger partial charge >= 0.3 is 0 Å². The van der Waals surface area contributed by atoms with Crippen LogP contribution in [0.1, 0.15) is 71.8 Å². The zero-order chi connectivity index (χ0) is 23.4. The third-order valence-corrected chi connectivity index (χ3v) is 5.94. The number of anilines is 1. The van der Waals surface area contributed by atoms with Gasteiger partial charge in [-0.25, -0.2) is 0 Å². The molecule has 1 amide bonds. The van der Waals surface area contributed by atoms with E-state index in [2.05, 4.69) is 62.9 Å². The zero-order valence-corrected chi connectivity index (χ0v) is 19.8. The number of carbonyl (C=O) groups is 1. The molecule has 4 N–H and O–H groups in total. The predicted molar refractivity (Wildman–Crippen MR) is 135 cm³/mol. The van der Waals surface area contributed by atoms with Crippen LogP contribution < -0.4 is 16.6 Å². The number of nitrogen functional groups attached to an aromatic ring is 1. The second-order valence-electron chi connectivity index (χ2n) is 9.11. The van der Waals surface area contributed by atoms with Crippen molar-refractivity contribution in [3.8, 4) is 0 Å². The van der Waals surface area contributed by atoms with Crippen molar-refractivity contribution in [1.82, 2.24) is 10.2 Å². The van der Waals surface area contributed by atoms with Gasteiger partial charge in [0.1, 0.15) is 0 Å². The molecule has 0 aromatic heterocycles. The van der Waals surface area contributed by atoms with E-state index in [1.165, 1.54) is 11.1 Å². The maximum absolute atomic E-state index is 13.5. The van der Waals surface area contributed by atoms with Crippen molar-refractivity contribution >= 4 is 22.9 Å². The molecule has 1 aliphatic rings. The summed E-state index contributed by atoms with van der Waals surface area (Å²) in [5, 5.41) is 3.35. The molecule has 1 heterocycles. The van der Waals surface area contributed by atoms with Gasteiger partial charge in [-0.2, -0.15) is 0 Å². The van der Waals surface area contributed by atoms with Crippen LogP contribution >= 0.6 is 0 Å². The van der Waals surface area contributed by atoms with Gasteiger partial charge in [-0.15, -0.1) is 0 Å². The van der Waals surface area contributed by atoms with Gasteiger partial charge in [-0.1, -0.05) is 46.1 Å². The van der Waals surface area contributed by atoms with Gasteiger partial charge in [0.25, 0.3) is 5.91 Å². The fourth-order valence-corrected chi connectivity index (χ4v) is 4.23. The highest BCUT2D eigenvalue weighted by atomic mass is 16.2. The number of hydrazine groups is 1. The molecule has 5 nitrogen and oxygen atoms in total.